The first-order valence-electron chi connectivity index (χ1n) is 8.30. The van der Waals surface area contributed by atoms with E-state index in [9.17, 15) is 14.7 Å². The first-order chi connectivity index (χ1) is 11.4. The zero-order chi connectivity index (χ0) is 17.7. The van der Waals surface area contributed by atoms with Crippen molar-refractivity contribution in [3.63, 3.8) is 0 Å². The molecule has 0 aromatic heterocycles. The summed E-state index contributed by atoms with van der Waals surface area (Å²) >= 11 is 0. The van der Waals surface area contributed by atoms with Crippen LogP contribution in [-0.4, -0.2) is 36.2 Å². The van der Waals surface area contributed by atoms with Crippen molar-refractivity contribution in [2.24, 2.45) is 5.92 Å². The third-order valence-corrected chi connectivity index (χ3v) is 4.52. The van der Waals surface area contributed by atoms with Crippen LogP contribution in [0.2, 0.25) is 0 Å². The summed E-state index contributed by atoms with van der Waals surface area (Å²) in [5, 5.41) is 12.8. The number of rotatable bonds is 5. The van der Waals surface area contributed by atoms with Crippen LogP contribution in [0.3, 0.4) is 0 Å². The molecule has 0 radical (unpaired) electrons. The Balaban J connectivity index is 1.94. The second kappa shape index (κ2) is 8.04. The van der Waals surface area contributed by atoms with Gasteiger partial charge in [0.1, 0.15) is 17.1 Å². The molecule has 0 heterocycles. The zero-order valence-corrected chi connectivity index (χ0v) is 14.4. The highest BCUT2D eigenvalue weighted by molar-refractivity contribution is 5.94. The van der Waals surface area contributed by atoms with Gasteiger partial charge in [-0.3, -0.25) is 4.79 Å². The van der Waals surface area contributed by atoms with Crippen LogP contribution in [0, 0.1) is 5.92 Å². The summed E-state index contributed by atoms with van der Waals surface area (Å²) in [6, 6.07) is 4.40. The Hall–Kier alpha value is -2.24. The van der Waals surface area contributed by atoms with Gasteiger partial charge in [0.15, 0.2) is 6.10 Å². The first kappa shape index (κ1) is 18.1. The monoisotopic (exact) mass is 335 g/mol. The third kappa shape index (κ3) is 4.40. The van der Waals surface area contributed by atoms with Crippen LogP contribution < -0.4 is 10.1 Å². The predicted molar refractivity (Wildman–Crippen MR) is 89.1 cm³/mol. The zero-order valence-electron chi connectivity index (χ0n) is 14.4. The van der Waals surface area contributed by atoms with Gasteiger partial charge in [0.25, 0.3) is 5.91 Å². The third-order valence-electron chi connectivity index (χ3n) is 4.52. The van der Waals surface area contributed by atoms with Gasteiger partial charge >= 0.3 is 5.97 Å². The number of benzene rings is 1. The number of carbonyl (C=O) groups is 2. The van der Waals surface area contributed by atoms with E-state index in [-0.39, 0.29) is 23.3 Å². The molecule has 1 aromatic carbocycles. The Morgan fingerprint density at radius 3 is 2.62 bits per heavy atom. The smallest absolute Gasteiger partial charge is 0.342 e. The van der Waals surface area contributed by atoms with Crippen LogP contribution >= 0.6 is 0 Å². The summed E-state index contributed by atoms with van der Waals surface area (Å²) in [4.78, 5) is 24.4. The van der Waals surface area contributed by atoms with Crippen LogP contribution in [0.1, 0.15) is 49.9 Å². The second-order valence-electron chi connectivity index (χ2n) is 6.31. The van der Waals surface area contributed by atoms with Crippen molar-refractivity contribution in [1.29, 1.82) is 0 Å². The van der Waals surface area contributed by atoms with Gasteiger partial charge in [0.05, 0.1) is 7.11 Å². The van der Waals surface area contributed by atoms with Crippen molar-refractivity contribution >= 4 is 11.9 Å². The fraction of sp³-hybridized carbons (Fsp3) is 0.556. The SMILES string of the molecule is COc1ccc(C(=O)O[C@H](C)C(=O)N[C@H]2CCCC[C@H]2C)c(O)c1. The average molecular weight is 335 g/mol. The maximum Gasteiger partial charge on any atom is 0.342 e. The molecular weight excluding hydrogens is 310 g/mol. The number of methoxy groups -OCH3 is 1. The fourth-order valence-corrected chi connectivity index (χ4v) is 2.92. The molecule has 132 valence electrons. The highest BCUT2D eigenvalue weighted by atomic mass is 16.5. The molecule has 1 aliphatic carbocycles. The van der Waals surface area contributed by atoms with E-state index in [1.54, 1.807) is 6.07 Å². The summed E-state index contributed by atoms with van der Waals surface area (Å²) in [6.07, 6.45) is 3.41. The van der Waals surface area contributed by atoms with Crippen molar-refractivity contribution in [2.45, 2.75) is 51.7 Å². The van der Waals surface area contributed by atoms with Crippen LogP contribution in [0.4, 0.5) is 0 Å². The van der Waals surface area contributed by atoms with Crippen LogP contribution in [0.5, 0.6) is 11.5 Å². The second-order valence-corrected chi connectivity index (χ2v) is 6.31. The van der Waals surface area contributed by atoms with E-state index < -0.39 is 12.1 Å². The van der Waals surface area contributed by atoms with Gasteiger partial charge in [0.2, 0.25) is 0 Å². The normalized spacial score (nSPS) is 21.6. The summed E-state index contributed by atoms with van der Waals surface area (Å²) in [5.41, 5.74) is 0.00137. The van der Waals surface area contributed by atoms with Crippen LogP contribution in [0.15, 0.2) is 18.2 Å². The molecule has 0 aliphatic heterocycles. The number of carbonyl (C=O) groups excluding carboxylic acids is 2. The van der Waals surface area contributed by atoms with Gasteiger partial charge in [-0.2, -0.15) is 0 Å². The van der Waals surface area contributed by atoms with Crippen molar-refractivity contribution in [3.05, 3.63) is 23.8 Å². The standard InChI is InChI=1S/C18H25NO5/c1-11-6-4-5-7-15(11)19-17(21)12(2)24-18(22)14-9-8-13(23-3)10-16(14)20/h8-12,15,20H,4-7H2,1-3H3,(H,19,21)/t11-,12-,15+/m1/s1. The number of esters is 1. The van der Waals surface area contributed by atoms with E-state index in [4.69, 9.17) is 9.47 Å². The molecule has 24 heavy (non-hydrogen) atoms. The lowest BCUT2D eigenvalue weighted by molar-refractivity contribution is -0.130. The van der Waals surface area contributed by atoms with Crippen molar-refractivity contribution in [1.82, 2.24) is 5.32 Å². The molecular formula is C18H25NO5. The number of hydrogen-bond donors (Lipinski definition) is 2. The number of aromatic hydroxyl groups is 1. The average Bonchev–Trinajstić information content (AvgIpc) is 2.56. The Labute approximate surface area is 142 Å². The topological polar surface area (TPSA) is 84.9 Å². The van der Waals surface area contributed by atoms with Crippen molar-refractivity contribution in [3.8, 4) is 11.5 Å². The summed E-state index contributed by atoms with van der Waals surface area (Å²) in [6.45, 7) is 3.65. The predicted octanol–water partition coefficient (Wildman–Crippen LogP) is 2.64. The molecule has 1 aromatic rings. The minimum atomic E-state index is -0.923. The first-order valence-corrected chi connectivity index (χ1v) is 8.30. The van der Waals surface area contributed by atoms with E-state index >= 15 is 0 Å². The molecule has 6 nitrogen and oxygen atoms in total. The molecule has 2 N–H and O–H groups in total. The molecule has 1 saturated carbocycles. The fourth-order valence-electron chi connectivity index (χ4n) is 2.92. The summed E-state index contributed by atoms with van der Waals surface area (Å²) in [7, 11) is 1.46. The largest absolute Gasteiger partial charge is 0.507 e. The number of ether oxygens (including phenoxy) is 2. The quantitative estimate of drug-likeness (QED) is 0.808. The molecule has 0 bridgehead atoms. The van der Waals surface area contributed by atoms with Crippen molar-refractivity contribution < 1.29 is 24.2 Å². The lowest BCUT2D eigenvalue weighted by atomic mass is 9.86. The molecule has 0 spiro atoms. The number of hydrogen-bond acceptors (Lipinski definition) is 5. The van der Waals surface area contributed by atoms with Gasteiger partial charge in [-0.25, -0.2) is 4.79 Å². The van der Waals surface area contributed by atoms with E-state index in [1.165, 1.54) is 32.6 Å². The maximum absolute atomic E-state index is 12.2. The number of phenols is 1. The minimum absolute atomic E-state index is 0.00137. The molecule has 1 amide bonds. The summed E-state index contributed by atoms with van der Waals surface area (Å²) < 4.78 is 10.1. The number of amides is 1. The lowest BCUT2D eigenvalue weighted by Gasteiger charge is -2.30. The molecule has 1 aliphatic rings. The molecule has 2 rings (SSSR count). The Morgan fingerprint density at radius 2 is 2.00 bits per heavy atom. The van der Waals surface area contributed by atoms with Gasteiger partial charge in [-0.1, -0.05) is 19.8 Å². The Bertz CT molecular complexity index is 601. The van der Waals surface area contributed by atoms with E-state index in [0.717, 1.165) is 19.3 Å². The highest BCUT2D eigenvalue weighted by Crippen LogP contribution is 2.25. The van der Waals surface area contributed by atoms with Crippen LogP contribution in [-0.2, 0) is 9.53 Å². The van der Waals surface area contributed by atoms with Gasteiger partial charge < -0.3 is 19.9 Å². The summed E-state index contributed by atoms with van der Waals surface area (Å²) in [5.74, 6) is -0.435. The van der Waals surface area contributed by atoms with Gasteiger partial charge in [0, 0.05) is 12.1 Å². The number of phenolic OH excluding ortho intramolecular Hbond substituents is 1. The highest BCUT2D eigenvalue weighted by Gasteiger charge is 2.27. The Morgan fingerprint density at radius 1 is 1.29 bits per heavy atom. The minimum Gasteiger partial charge on any atom is -0.507 e. The van der Waals surface area contributed by atoms with E-state index in [1.807, 2.05) is 0 Å². The lowest BCUT2D eigenvalue weighted by Crippen LogP contribution is -2.45. The number of nitrogens with one attached hydrogen (secondary N) is 1. The van der Waals surface area contributed by atoms with Crippen molar-refractivity contribution in [2.75, 3.05) is 7.11 Å². The van der Waals surface area contributed by atoms with E-state index in [2.05, 4.69) is 12.2 Å². The molecule has 6 heteroatoms. The van der Waals surface area contributed by atoms with Gasteiger partial charge in [-0.15, -0.1) is 0 Å². The Kier molecular flexibility index (Phi) is 6.06. The maximum atomic E-state index is 12.2. The molecule has 0 saturated heterocycles. The van der Waals surface area contributed by atoms with Crippen LogP contribution in [0.25, 0.3) is 0 Å². The molecule has 0 unspecified atom stereocenters. The molecule has 3 atom stereocenters. The molecule has 1 fully saturated rings. The van der Waals surface area contributed by atoms with E-state index in [0.29, 0.717) is 11.7 Å². The van der Waals surface area contributed by atoms with Gasteiger partial charge in [-0.05, 0) is 37.8 Å².